The highest BCUT2D eigenvalue weighted by atomic mass is 16.2. The third-order valence-electron chi connectivity index (χ3n) is 3.66. The van der Waals surface area contributed by atoms with E-state index in [2.05, 4.69) is 10.4 Å². The zero-order valence-corrected chi connectivity index (χ0v) is 10.3. The molecule has 4 heteroatoms. The molecule has 1 N–H and O–H groups in total. The number of benzene rings is 1. The number of rotatable bonds is 2. The Hall–Kier alpha value is -1.84. The minimum atomic E-state index is 0.123. The Morgan fingerprint density at radius 1 is 1.22 bits per heavy atom. The number of nitrogens with zero attached hydrogens (tertiary/aromatic N) is 2. The van der Waals surface area contributed by atoms with Gasteiger partial charge in [-0.25, -0.2) is 9.66 Å². The van der Waals surface area contributed by atoms with Gasteiger partial charge in [0.15, 0.2) is 0 Å². The first-order valence-electron chi connectivity index (χ1n) is 6.57. The van der Waals surface area contributed by atoms with E-state index >= 15 is 0 Å². The van der Waals surface area contributed by atoms with Crippen molar-refractivity contribution in [1.82, 2.24) is 9.66 Å². The Balaban J connectivity index is 1.77. The lowest BCUT2D eigenvalue weighted by Crippen LogP contribution is -2.30. The fourth-order valence-electron chi connectivity index (χ4n) is 2.62. The molecule has 0 atom stereocenters. The number of hydrogen-bond acceptors (Lipinski definition) is 2. The van der Waals surface area contributed by atoms with E-state index < -0.39 is 0 Å². The van der Waals surface area contributed by atoms with Gasteiger partial charge in [-0.15, -0.1) is 0 Å². The first-order valence-corrected chi connectivity index (χ1v) is 6.57. The molecule has 0 unspecified atom stereocenters. The van der Waals surface area contributed by atoms with E-state index in [1.807, 2.05) is 24.3 Å². The number of nitrogens with one attached hydrogen (secondary N) is 1. The highest BCUT2D eigenvalue weighted by Gasteiger charge is 2.21. The predicted molar refractivity (Wildman–Crippen MR) is 70.7 cm³/mol. The number of hydrogen-bond donors (Lipinski definition) is 1. The van der Waals surface area contributed by atoms with Crippen molar-refractivity contribution in [2.24, 2.45) is 5.92 Å². The van der Waals surface area contributed by atoms with Crippen LogP contribution in [0.5, 0.6) is 0 Å². The molecule has 3 rings (SSSR count). The van der Waals surface area contributed by atoms with Gasteiger partial charge in [0.2, 0.25) is 5.91 Å². The normalized spacial score (nSPS) is 16.9. The van der Waals surface area contributed by atoms with Gasteiger partial charge in [0, 0.05) is 5.92 Å². The van der Waals surface area contributed by atoms with E-state index in [0.717, 1.165) is 23.9 Å². The van der Waals surface area contributed by atoms with Crippen molar-refractivity contribution in [3.63, 3.8) is 0 Å². The summed E-state index contributed by atoms with van der Waals surface area (Å²) >= 11 is 0. The summed E-state index contributed by atoms with van der Waals surface area (Å²) in [5, 5.41) is 0. The van der Waals surface area contributed by atoms with Crippen LogP contribution in [0.3, 0.4) is 0 Å². The summed E-state index contributed by atoms with van der Waals surface area (Å²) in [6, 6.07) is 7.80. The minimum Gasteiger partial charge on any atom is -0.273 e. The minimum absolute atomic E-state index is 0.123. The number of amides is 1. The van der Waals surface area contributed by atoms with Crippen LogP contribution in [0.1, 0.15) is 32.1 Å². The monoisotopic (exact) mass is 243 g/mol. The van der Waals surface area contributed by atoms with Gasteiger partial charge in [-0.1, -0.05) is 31.4 Å². The van der Waals surface area contributed by atoms with E-state index in [4.69, 9.17) is 0 Å². The Morgan fingerprint density at radius 2 is 2.00 bits per heavy atom. The van der Waals surface area contributed by atoms with Crippen molar-refractivity contribution in [3.05, 3.63) is 30.6 Å². The van der Waals surface area contributed by atoms with Gasteiger partial charge in [-0.2, -0.15) is 0 Å². The molecule has 0 radical (unpaired) electrons. The molecule has 0 saturated heterocycles. The van der Waals surface area contributed by atoms with Crippen molar-refractivity contribution >= 4 is 16.9 Å². The Bertz CT molecular complexity index is 555. The van der Waals surface area contributed by atoms with Gasteiger partial charge in [0.25, 0.3) is 0 Å². The maximum atomic E-state index is 12.1. The maximum absolute atomic E-state index is 12.1. The van der Waals surface area contributed by atoms with E-state index in [9.17, 15) is 4.79 Å². The molecule has 1 aliphatic carbocycles. The quantitative estimate of drug-likeness (QED) is 0.881. The summed E-state index contributed by atoms with van der Waals surface area (Å²) in [6.45, 7) is 0. The molecule has 1 aromatic heterocycles. The van der Waals surface area contributed by atoms with E-state index in [0.29, 0.717) is 0 Å². The van der Waals surface area contributed by atoms with Gasteiger partial charge in [-0.05, 0) is 25.0 Å². The fraction of sp³-hybridized carbons (Fsp3) is 0.429. The van der Waals surface area contributed by atoms with Crippen molar-refractivity contribution in [2.45, 2.75) is 32.1 Å². The highest BCUT2D eigenvalue weighted by Crippen LogP contribution is 2.24. The molecule has 18 heavy (non-hydrogen) atoms. The standard InChI is InChI=1S/C14H17N3O/c18-14(11-6-2-1-3-7-11)16-17-10-15-12-8-4-5-9-13(12)17/h4-5,8-11H,1-3,6-7H2,(H,16,18). The van der Waals surface area contributed by atoms with E-state index in [1.165, 1.54) is 19.3 Å². The fourth-order valence-corrected chi connectivity index (χ4v) is 2.62. The molecule has 2 aromatic rings. The van der Waals surface area contributed by atoms with Crippen LogP contribution in [0, 0.1) is 5.92 Å². The van der Waals surface area contributed by atoms with Gasteiger partial charge in [0.05, 0.1) is 11.0 Å². The van der Waals surface area contributed by atoms with Crippen LogP contribution in [-0.4, -0.2) is 15.6 Å². The average Bonchev–Trinajstić information content (AvgIpc) is 2.83. The van der Waals surface area contributed by atoms with Crippen molar-refractivity contribution in [2.75, 3.05) is 5.43 Å². The summed E-state index contributed by atoms with van der Waals surface area (Å²) in [5.41, 5.74) is 4.80. The van der Waals surface area contributed by atoms with Crippen LogP contribution in [0.4, 0.5) is 0 Å². The number of carbonyl (C=O) groups is 1. The van der Waals surface area contributed by atoms with E-state index in [-0.39, 0.29) is 11.8 Å². The summed E-state index contributed by atoms with van der Waals surface area (Å²) in [7, 11) is 0. The molecular weight excluding hydrogens is 226 g/mol. The van der Waals surface area contributed by atoms with Crippen LogP contribution in [0.2, 0.25) is 0 Å². The first kappa shape index (κ1) is 11.3. The zero-order valence-electron chi connectivity index (χ0n) is 10.3. The number of imidazole rings is 1. The molecule has 94 valence electrons. The first-order chi connectivity index (χ1) is 8.84. The van der Waals surface area contributed by atoms with Crippen molar-refractivity contribution < 1.29 is 4.79 Å². The molecule has 0 bridgehead atoms. The number of aromatic nitrogens is 2. The van der Waals surface area contributed by atoms with Crippen molar-refractivity contribution in [3.8, 4) is 0 Å². The van der Waals surface area contributed by atoms with Crippen LogP contribution >= 0.6 is 0 Å². The lowest BCUT2D eigenvalue weighted by Gasteiger charge is -2.20. The van der Waals surface area contributed by atoms with Crippen molar-refractivity contribution in [1.29, 1.82) is 0 Å². The second-order valence-electron chi connectivity index (χ2n) is 4.91. The van der Waals surface area contributed by atoms with Crippen LogP contribution < -0.4 is 5.43 Å². The lowest BCUT2D eigenvalue weighted by atomic mass is 9.89. The summed E-state index contributed by atoms with van der Waals surface area (Å²) in [6.07, 6.45) is 7.30. The third-order valence-corrected chi connectivity index (χ3v) is 3.66. The van der Waals surface area contributed by atoms with Crippen LogP contribution in [0.15, 0.2) is 30.6 Å². The predicted octanol–water partition coefficient (Wildman–Crippen LogP) is 2.69. The average molecular weight is 243 g/mol. The van der Waals surface area contributed by atoms with Gasteiger partial charge in [0.1, 0.15) is 6.33 Å². The van der Waals surface area contributed by atoms with E-state index in [1.54, 1.807) is 11.0 Å². The molecule has 1 heterocycles. The summed E-state index contributed by atoms with van der Waals surface area (Å²) in [4.78, 5) is 16.4. The molecule has 1 saturated carbocycles. The molecule has 4 nitrogen and oxygen atoms in total. The Morgan fingerprint density at radius 3 is 2.83 bits per heavy atom. The largest absolute Gasteiger partial charge is 0.273 e. The van der Waals surface area contributed by atoms with Crippen LogP contribution in [-0.2, 0) is 4.79 Å². The molecule has 1 amide bonds. The molecule has 0 aliphatic heterocycles. The zero-order chi connectivity index (χ0) is 12.4. The van der Waals surface area contributed by atoms with Gasteiger partial charge in [-0.3, -0.25) is 10.2 Å². The highest BCUT2D eigenvalue weighted by molar-refractivity contribution is 5.88. The number of para-hydroxylation sites is 2. The SMILES string of the molecule is O=C(Nn1cnc2ccccc21)C1CCCCC1. The summed E-state index contributed by atoms with van der Waals surface area (Å²) < 4.78 is 1.73. The van der Waals surface area contributed by atoms with Gasteiger partial charge < -0.3 is 0 Å². The lowest BCUT2D eigenvalue weighted by molar-refractivity contribution is -0.121. The third kappa shape index (κ3) is 2.10. The Labute approximate surface area is 106 Å². The Kier molecular flexibility index (Phi) is 3.00. The molecule has 1 aliphatic rings. The molecule has 0 spiro atoms. The molecule has 1 fully saturated rings. The van der Waals surface area contributed by atoms with Gasteiger partial charge >= 0.3 is 0 Å². The molecular formula is C14H17N3O. The molecule has 1 aromatic carbocycles. The number of fused-ring (bicyclic) bond motifs is 1. The van der Waals surface area contributed by atoms with Crippen LogP contribution in [0.25, 0.3) is 11.0 Å². The topological polar surface area (TPSA) is 46.9 Å². The second-order valence-corrected chi connectivity index (χ2v) is 4.91. The summed E-state index contributed by atoms with van der Waals surface area (Å²) in [5.74, 6) is 0.290. The number of carbonyl (C=O) groups excluding carboxylic acids is 1. The smallest absolute Gasteiger partial charge is 0.241 e. The second kappa shape index (κ2) is 4.80. The maximum Gasteiger partial charge on any atom is 0.241 e.